The van der Waals surface area contributed by atoms with E-state index in [1.807, 2.05) is 30.5 Å². The molecule has 7 nitrogen and oxygen atoms in total. The van der Waals surface area contributed by atoms with E-state index in [0.717, 1.165) is 10.6 Å². The second-order valence-corrected chi connectivity index (χ2v) is 5.32. The SMILES string of the molecule is CSc1cccc(NCC(O)Cn2cc([N+](=O)[O-])cn2)c1. The lowest BCUT2D eigenvalue weighted by molar-refractivity contribution is -0.385. The van der Waals surface area contributed by atoms with Crippen molar-refractivity contribution in [3.05, 3.63) is 46.8 Å². The summed E-state index contributed by atoms with van der Waals surface area (Å²) in [5, 5.41) is 27.5. The van der Waals surface area contributed by atoms with E-state index in [1.165, 1.54) is 17.1 Å². The number of hydrogen-bond acceptors (Lipinski definition) is 6. The van der Waals surface area contributed by atoms with Gasteiger partial charge in [0.25, 0.3) is 0 Å². The van der Waals surface area contributed by atoms with Crippen molar-refractivity contribution in [2.75, 3.05) is 18.1 Å². The Kier molecular flexibility index (Phi) is 5.18. The molecule has 2 aromatic rings. The predicted octanol–water partition coefficient (Wildman–Crippen LogP) is 1.99. The number of hydrogen-bond donors (Lipinski definition) is 2. The molecule has 0 amide bonds. The van der Waals surface area contributed by atoms with Gasteiger partial charge in [0.1, 0.15) is 12.4 Å². The van der Waals surface area contributed by atoms with Gasteiger partial charge >= 0.3 is 5.69 Å². The van der Waals surface area contributed by atoms with E-state index in [1.54, 1.807) is 11.8 Å². The molecule has 8 heteroatoms. The highest BCUT2D eigenvalue weighted by Gasteiger charge is 2.11. The zero-order valence-electron chi connectivity index (χ0n) is 11.5. The van der Waals surface area contributed by atoms with Gasteiger partial charge in [0, 0.05) is 17.1 Å². The molecule has 1 aromatic carbocycles. The van der Waals surface area contributed by atoms with Gasteiger partial charge in [-0.1, -0.05) is 6.07 Å². The molecule has 1 heterocycles. The number of aliphatic hydroxyl groups is 1. The predicted molar refractivity (Wildman–Crippen MR) is 81.6 cm³/mol. The van der Waals surface area contributed by atoms with Crippen molar-refractivity contribution in [3.8, 4) is 0 Å². The van der Waals surface area contributed by atoms with Crippen LogP contribution >= 0.6 is 11.8 Å². The fourth-order valence-corrected chi connectivity index (χ4v) is 2.26. The van der Waals surface area contributed by atoms with Gasteiger partial charge in [-0.25, -0.2) is 0 Å². The number of nitrogens with zero attached hydrogens (tertiary/aromatic N) is 3. The first-order valence-electron chi connectivity index (χ1n) is 6.31. The Labute approximate surface area is 126 Å². The number of aromatic nitrogens is 2. The molecule has 0 bridgehead atoms. The maximum atomic E-state index is 10.5. The van der Waals surface area contributed by atoms with Gasteiger partial charge in [-0.15, -0.1) is 11.8 Å². The molecule has 0 saturated heterocycles. The Morgan fingerprint density at radius 1 is 1.57 bits per heavy atom. The van der Waals surface area contributed by atoms with Gasteiger partial charge in [0.15, 0.2) is 0 Å². The molecule has 0 radical (unpaired) electrons. The van der Waals surface area contributed by atoms with Crippen LogP contribution < -0.4 is 5.32 Å². The third-order valence-corrected chi connectivity index (χ3v) is 3.57. The van der Waals surface area contributed by atoms with E-state index in [4.69, 9.17) is 0 Å². The van der Waals surface area contributed by atoms with Crippen molar-refractivity contribution < 1.29 is 10.0 Å². The average molecular weight is 308 g/mol. The topological polar surface area (TPSA) is 93.2 Å². The molecular weight excluding hydrogens is 292 g/mol. The molecule has 21 heavy (non-hydrogen) atoms. The van der Waals surface area contributed by atoms with E-state index >= 15 is 0 Å². The molecule has 1 unspecified atom stereocenters. The number of anilines is 1. The first kappa shape index (κ1) is 15.3. The van der Waals surface area contributed by atoms with Crippen molar-refractivity contribution in [1.29, 1.82) is 0 Å². The standard InChI is InChI=1S/C13H16N4O3S/c1-21-13-4-2-3-10(5-13)14-7-12(18)9-16-8-11(6-15-16)17(19)20/h2-6,8,12,14,18H,7,9H2,1H3. The van der Waals surface area contributed by atoms with Gasteiger partial charge in [-0.05, 0) is 24.5 Å². The van der Waals surface area contributed by atoms with E-state index in [-0.39, 0.29) is 12.2 Å². The van der Waals surface area contributed by atoms with Crippen LogP contribution in [0.4, 0.5) is 11.4 Å². The molecule has 0 saturated carbocycles. The quantitative estimate of drug-likeness (QED) is 0.461. The summed E-state index contributed by atoms with van der Waals surface area (Å²) >= 11 is 1.64. The third kappa shape index (κ3) is 4.47. The Morgan fingerprint density at radius 3 is 3.05 bits per heavy atom. The normalized spacial score (nSPS) is 12.1. The summed E-state index contributed by atoms with van der Waals surface area (Å²) in [6, 6.07) is 7.87. The van der Waals surface area contributed by atoms with Crippen LogP contribution in [0.5, 0.6) is 0 Å². The van der Waals surface area contributed by atoms with Crippen molar-refractivity contribution in [3.63, 3.8) is 0 Å². The van der Waals surface area contributed by atoms with Gasteiger partial charge in [0.2, 0.25) is 0 Å². The zero-order chi connectivity index (χ0) is 15.2. The highest BCUT2D eigenvalue weighted by atomic mass is 32.2. The second kappa shape index (κ2) is 7.09. The lowest BCUT2D eigenvalue weighted by atomic mass is 10.3. The molecule has 2 N–H and O–H groups in total. The van der Waals surface area contributed by atoms with E-state index in [0.29, 0.717) is 6.54 Å². The Bertz CT molecular complexity index is 617. The molecule has 0 aliphatic carbocycles. The Balaban J connectivity index is 1.86. The van der Waals surface area contributed by atoms with E-state index in [9.17, 15) is 15.2 Å². The molecule has 1 atom stereocenters. The number of aliphatic hydroxyl groups excluding tert-OH is 1. The fraction of sp³-hybridized carbons (Fsp3) is 0.308. The minimum absolute atomic E-state index is 0.0807. The van der Waals surface area contributed by atoms with Gasteiger partial charge in [0.05, 0.1) is 17.6 Å². The first-order valence-corrected chi connectivity index (χ1v) is 7.54. The van der Waals surface area contributed by atoms with Crippen LogP contribution in [0.2, 0.25) is 0 Å². The number of rotatable bonds is 7. The molecule has 0 fully saturated rings. The summed E-state index contributed by atoms with van der Waals surface area (Å²) in [4.78, 5) is 11.2. The minimum Gasteiger partial charge on any atom is -0.389 e. The minimum atomic E-state index is -0.692. The number of nitro groups is 1. The highest BCUT2D eigenvalue weighted by Crippen LogP contribution is 2.18. The maximum Gasteiger partial charge on any atom is 0.306 e. The highest BCUT2D eigenvalue weighted by molar-refractivity contribution is 7.98. The van der Waals surface area contributed by atoms with Crippen molar-refractivity contribution in [2.24, 2.45) is 0 Å². The largest absolute Gasteiger partial charge is 0.389 e. The molecule has 0 aliphatic heterocycles. The molecular formula is C13H16N4O3S. The summed E-state index contributed by atoms with van der Waals surface area (Å²) in [6.45, 7) is 0.536. The van der Waals surface area contributed by atoms with Crippen LogP contribution in [-0.2, 0) is 6.54 Å². The number of nitrogens with one attached hydrogen (secondary N) is 1. The molecule has 2 rings (SSSR count). The van der Waals surface area contributed by atoms with Gasteiger partial charge in [-0.2, -0.15) is 5.10 Å². The molecule has 1 aromatic heterocycles. The monoisotopic (exact) mass is 308 g/mol. The molecule has 112 valence electrons. The van der Waals surface area contributed by atoms with Crippen molar-refractivity contribution in [1.82, 2.24) is 9.78 Å². The lowest BCUT2D eigenvalue weighted by Gasteiger charge is -2.13. The molecule has 0 aliphatic rings. The number of thioether (sulfide) groups is 1. The third-order valence-electron chi connectivity index (χ3n) is 2.84. The number of benzene rings is 1. The lowest BCUT2D eigenvalue weighted by Crippen LogP contribution is -2.25. The van der Waals surface area contributed by atoms with Crippen LogP contribution in [0.3, 0.4) is 0 Å². The van der Waals surface area contributed by atoms with E-state index in [2.05, 4.69) is 10.4 Å². The molecule has 0 spiro atoms. The fourth-order valence-electron chi connectivity index (χ4n) is 1.80. The summed E-state index contributed by atoms with van der Waals surface area (Å²) in [5.74, 6) is 0. The van der Waals surface area contributed by atoms with E-state index < -0.39 is 11.0 Å². The van der Waals surface area contributed by atoms with Crippen LogP contribution in [0, 0.1) is 10.1 Å². The maximum absolute atomic E-state index is 10.5. The smallest absolute Gasteiger partial charge is 0.306 e. The van der Waals surface area contributed by atoms with Crippen LogP contribution in [0.25, 0.3) is 0 Å². The summed E-state index contributed by atoms with van der Waals surface area (Å²) in [6.07, 6.45) is 3.78. The zero-order valence-corrected chi connectivity index (χ0v) is 12.3. The van der Waals surface area contributed by atoms with Crippen molar-refractivity contribution in [2.45, 2.75) is 17.5 Å². The van der Waals surface area contributed by atoms with Crippen LogP contribution in [0.1, 0.15) is 0 Å². The second-order valence-electron chi connectivity index (χ2n) is 4.44. The average Bonchev–Trinajstić information content (AvgIpc) is 2.94. The van der Waals surface area contributed by atoms with Crippen molar-refractivity contribution >= 4 is 23.1 Å². The van der Waals surface area contributed by atoms with Crippen LogP contribution in [0.15, 0.2) is 41.6 Å². The summed E-state index contributed by atoms with van der Waals surface area (Å²) in [5.41, 5.74) is 0.843. The van der Waals surface area contributed by atoms with Gasteiger partial charge in [-0.3, -0.25) is 14.8 Å². The Hall–Kier alpha value is -2.06. The van der Waals surface area contributed by atoms with Crippen LogP contribution in [-0.4, -0.2) is 38.7 Å². The first-order chi connectivity index (χ1) is 10.1. The van der Waals surface area contributed by atoms with Gasteiger partial charge < -0.3 is 10.4 Å². The summed E-state index contributed by atoms with van der Waals surface area (Å²) in [7, 11) is 0. The Morgan fingerprint density at radius 2 is 2.38 bits per heavy atom. The summed E-state index contributed by atoms with van der Waals surface area (Å²) < 4.78 is 1.36.